The van der Waals surface area contributed by atoms with E-state index >= 15 is 0 Å². The molecular weight excluding hydrogens is 252 g/mol. The van der Waals surface area contributed by atoms with Crippen LogP contribution >= 0.6 is 0 Å². The second kappa shape index (κ2) is 5.87. The van der Waals surface area contributed by atoms with E-state index in [-0.39, 0.29) is 6.29 Å². The summed E-state index contributed by atoms with van der Waals surface area (Å²) in [5.41, 5.74) is 1.26. The molecule has 0 bridgehead atoms. The molecule has 1 aliphatic heterocycles. The highest BCUT2D eigenvalue weighted by molar-refractivity contribution is 5.41. The van der Waals surface area contributed by atoms with E-state index in [1.54, 1.807) is 0 Å². The minimum absolute atomic E-state index is 0.182. The predicted molar refractivity (Wildman–Crippen MR) is 77.4 cm³/mol. The van der Waals surface area contributed by atoms with Crippen molar-refractivity contribution in [3.05, 3.63) is 54.1 Å². The molecule has 20 heavy (non-hydrogen) atoms. The zero-order valence-corrected chi connectivity index (χ0v) is 11.5. The Morgan fingerprint density at radius 3 is 2.20 bits per heavy atom. The molecule has 2 aromatic rings. The lowest BCUT2D eigenvalue weighted by atomic mass is 10.1. The normalized spacial score (nSPS) is 13.4. The molecule has 1 heterocycles. The van der Waals surface area contributed by atoms with Crippen LogP contribution in [0.15, 0.2) is 48.5 Å². The molecular formula is C17H18O3. The van der Waals surface area contributed by atoms with Gasteiger partial charge in [-0.15, -0.1) is 0 Å². The van der Waals surface area contributed by atoms with E-state index in [0.29, 0.717) is 6.61 Å². The molecule has 0 unspecified atom stereocenters. The third-order valence-corrected chi connectivity index (χ3v) is 3.27. The Bertz CT molecular complexity index is 538. The van der Waals surface area contributed by atoms with Gasteiger partial charge >= 0.3 is 0 Å². The van der Waals surface area contributed by atoms with E-state index in [1.807, 2.05) is 43.3 Å². The predicted octanol–water partition coefficient (Wildman–Crippen LogP) is 3.82. The molecule has 0 aromatic heterocycles. The highest BCUT2D eigenvalue weighted by Crippen LogP contribution is 2.35. The van der Waals surface area contributed by atoms with Crippen molar-refractivity contribution in [1.82, 2.24) is 0 Å². The van der Waals surface area contributed by atoms with Gasteiger partial charge in [-0.05, 0) is 43.2 Å². The topological polar surface area (TPSA) is 27.7 Å². The fourth-order valence-corrected chi connectivity index (χ4v) is 2.27. The summed E-state index contributed by atoms with van der Waals surface area (Å²) in [4.78, 5) is 0. The molecule has 1 aliphatic rings. The van der Waals surface area contributed by atoms with Gasteiger partial charge in [0.1, 0.15) is 5.75 Å². The summed E-state index contributed by atoms with van der Waals surface area (Å²) in [6, 6.07) is 16.0. The minimum atomic E-state index is -0.182. The van der Waals surface area contributed by atoms with Crippen molar-refractivity contribution in [1.29, 1.82) is 0 Å². The van der Waals surface area contributed by atoms with Gasteiger partial charge in [0.25, 0.3) is 0 Å². The van der Waals surface area contributed by atoms with E-state index in [2.05, 4.69) is 12.1 Å². The number of fused-ring (bicyclic) bond motifs is 1. The Kier molecular flexibility index (Phi) is 3.77. The Balaban J connectivity index is 1.53. The van der Waals surface area contributed by atoms with Crippen molar-refractivity contribution in [2.75, 3.05) is 6.61 Å². The number of para-hydroxylation sites is 2. The first-order valence-corrected chi connectivity index (χ1v) is 6.99. The minimum Gasteiger partial charge on any atom is -0.494 e. The Hall–Kier alpha value is -2.16. The monoisotopic (exact) mass is 270 g/mol. The number of ether oxygens (including phenoxy) is 3. The smallest absolute Gasteiger partial charge is 0.241 e. The number of hydrogen-bond acceptors (Lipinski definition) is 3. The van der Waals surface area contributed by atoms with Crippen LogP contribution in [-0.4, -0.2) is 12.9 Å². The second-order valence-corrected chi connectivity index (χ2v) is 4.73. The van der Waals surface area contributed by atoms with Crippen LogP contribution in [0.1, 0.15) is 18.9 Å². The molecule has 3 nitrogen and oxygen atoms in total. The van der Waals surface area contributed by atoms with Crippen LogP contribution in [0.4, 0.5) is 0 Å². The maximum absolute atomic E-state index is 5.74. The first kappa shape index (κ1) is 12.9. The molecule has 104 valence electrons. The molecule has 0 saturated heterocycles. The summed E-state index contributed by atoms with van der Waals surface area (Å²) in [7, 11) is 0. The molecule has 0 spiro atoms. The van der Waals surface area contributed by atoms with Gasteiger partial charge < -0.3 is 14.2 Å². The fourth-order valence-electron chi connectivity index (χ4n) is 2.27. The van der Waals surface area contributed by atoms with Gasteiger partial charge in [0, 0.05) is 6.42 Å². The standard InChI is InChI=1S/C17H18O3/c1-2-18-14-10-7-13(8-11-14)9-12-17-19-15-5-3-4-6-16(15)20-17/h3-8,10-11,17H,2,9,12H2,1H3. The second-order valence-electron chi connectivity index (χ2n) is 4.73. The third-order valence-electron chi connectivity index (χ3n) is 3.27. The lowest BCUT2D eigenvalue weighted by Gasteiger charge is -2.10. The summed E-state index contributed by atoms with van der Waals surface area (Å²) >= 11 is 0. The van der Waals surface area contributed by atoms with Crippen molar-refractivity contribution in [2.24, 2.45) is 0 Å². The largest absolute Gasteiger partial charge is 0.494 e. The highest BCUT2D eigenvalue weighted by Gasteiger charge is 2.22. The summed E-state index contributed by atoms with van der Waals surface area (Å²) in [6.07, 6.45) is 1.58. The zero-order chi connectivity index (χ0) is 13.8. The van der Waals surface area contributed by atoms with Crippen LogP contribution in [-0.2, 0) is 6.42 Å². The number of hydrogen-bond donors (Lipinski definition) is 0. The van der Waals surface area contributed by atoms with Gasteiger partial charge in [0.2, 0.25) is 6.29 Å². The molecule has 3 heteroatoms. The summed E-state index contributed by atoms with van der Waals surface area (Å²) in [5.74, 6) is 2.59. The van der Waals surface area contributed by atoms with Crippen LogP contribution in [0, 0.1) is 0 Å². The Morgan fingerprint density at radius 1 is 0.950 bits per heavy atom. The van der Waals surface area contributed by atoms with E-state index in [4.69, 9.17) is 14.2 Å². The SMILES string of the molecule is CCOc1ccc(CCC2Oc3ccccc3O2)cc1. The van der Waals surface area contributed by atoms with Crippen LogP contribution < -0.4 is 14.2 Å². The van der Waals surface area contributed by atoms with Crippen molar-refractivity contribution < 1.29 is 14.2 Å². The molecule has 0 amide bonds. The molecule has 3 rings (SSSR count). The average molecular weight is 270 g/mol. The quantitative estimate of drug-likeness (QED) is 0.826. The highest BCUT2D eigenvalue weighted by atomic mass is 16.7. The van der Waals surface area contributed by atoms with Gasteiger partial charge in [-0.1, -0.05) is 24.3 Å². The van der Waals surface area contributed by atoms with Crippen molar-refractivity contribution in [3.63, 3.8) is 0 Å². The third kappa shape index (κ3) is 2.87. The molecule has 0 N–H and O–H groups in total. The number of aryl methyl sites for hydroxylation is 1. The van der Waals surface area contributed by atoms with E-state index in [0.717, 1.165) is 30.1 Å². The first-order valence-electron chi connectivity index (χ1n) is 6.99. The van der Waals surface area contributed by atoms with Crippen molar-refractivity contribution in [2.45, 2.75) is 26.1 Å². The maximum atomic E-state index is 5.74. The first-order chi connectivity index (χ1) is 9.85. The van der Waals surface area contributed by atoms with Gasteiger partial charge in [-0.25, -0.2) is 0 Å². The molecule has 2 aromatic carbocycles. The zero-order valence-electron chi connectivity index (χ0n) is 11.5. The summed E-state index contributed by atoms with van der Waals surface area (Å²) < 4.78 is 16.9. The number of benzene rings is 2. The van der Waals surface area contributed by atoms with Crippen LogP contribution in [0.5, 0.6) is 17.2 Å². The molecule has 0 aliphatic carbocycles. The van der Waals surface area contributed by atoms with E-state index in [9.17, 15) is 0 Å². The van der Waals surface area contributed by atoms with Crippen molar-refractivity contribution in [3.8, 4) is 17.2 Å². The maximum Gasteiger partial charge on any atom is 0.241 e. The van der Waals surface area contributed by atoms with Crippen LogP contribution in [0.2, 0.25) is 0 Å². The summed E-state index contributed by atoms with van der Waals surface area (Å²) in [5, 5.41) is 0. The Labute approximate surface area is 119 Å². The van der Waals surface area contributed by atoms with Gasteiger partial charge in [-0.3, -0.25) is 0 Å². The molecule has 0 atom stereocenters. The van der Waals surface area contributed by atoms with E-state index < -0.39 is 0 Å². The summed E-state index contributed by atoms with van der Waals surface area (Å²) in [6.45, 7) is 2.68. The number of rotatable bonds is 5. The molecule has 0 fully saturated rings. The Morgan fingerprint density at radius 2 is 1.60 bits per heavy atom. The average Bonchev–Trinajstić information content (AvgIpc) is 2.90. The van der Waals surface area contributed by atoms with E-state index in [1.165, 1.54) is 5.56 Å². The molecule has 0 saturated carbocycles. The van der Waals surface area contributed by atoms with Crippen LogP contribution in [0.3, 0.4) is 0 Å². The van der Waals surface area contributed by atoms with Crippen molar-refractivity contribution >= 4 is 0 Å². The van der Waals surface area contributed by atoms with Gasteiger partial charge in [0.05, 0.1) is 6.61 Å². The van der Waals surface area contributed by atoms with Gasteiger partial charge in [-0.2, -0.15) is 0 Å². The fraction of sp³-hybridized carbons (Fsp3) is 0.294. The lowest BCUT2D eigenvalue weighted by molar-refractivity contribution is 0.0422. The van der Waals surface area contributed by atoms with Gasteiger partial charge in [0.15, 0.2) is 11.5 Å². The molecule has 0 radical (unpaired) electrons. The van der Waals surface area contributed by atoms with Crippen LogP contribution in [0.25, 0.3) is 0 Å². The lowest BCUT2D eigenvalue weighted by Crippen LogP contribution is -2.18.